The zero-order chi connectivity index (χ0) is 12.3. The van der Waals surface area contributed by atoms with Gasteiger partial charge >= 0.3 is 0 Å². The van der Waals surface area contributed by atoms with Gasteiger partial charge in [-0.2, -0.15) is 0 Å². The average molecular weight is 235 g/mol. The Morgan fingerprint density at radius 2 is 2.12 bits per heavy atom. The molecule has 1 aliphatic rings. The highest BCUT2D eigenvalue weighted by molar-refractivity contribution is 5.31. The molecule has 17 heavy (non-hydrogen) atoms. The van der Waals surface area contributed by atoms with Crippen molar-refractivity contribution in [3.63, 3.8) is 0 Å². The molecular formula is C14H21NO2. The van der Waals surface area contributed by atoms with Crippen LogP contribution in [0, 0.1) is 0 Å². The lowest BCUT2D eigenvalue weighted by Gasteiger charge is -2.37. The highest BCUT2D eigenvalue weighted by Crippen LogP contribution is 2.25. The quantitative estimate of drug-likeness (QED) is 0.843. The summed E-state index contributed by atoms with van der Waals surface area (Å²) >= 11 is 0. The maximum atomic E-state index is 9.79. The van der Waals surface area contributed by atoms with Gasteiger partial charge in [-0.1, -0.05) is 24.6 Å². The van der Waals surface area contributed by atoms with Crippen LogP contribution in [0.2, 0.25) is 0 Å². The number of aliphatic hydroxyl groups excluding tert-OH is 1. The van der Waals surface area contributed by atoms with Crippen molar-refractivity contribution in [2.24, 2.45) is 0 Å². The molecule has 94 valence electrons. The van der Waals surface area contributed by atoms with Crippen molar-refractivity contribution in [3.05, 3.63) is 29.8 Å². The van der Waals surface area contributed by atoms with Crippen molar-refractivity contribution in [1.82, 2.24) is 4.90 Å². The second kappa shape index (κ2) is 5.52. The van der Waals surface area contributed by atoms with Gasteiger partial charge in [0.25, 0.3) is 0 Å². The summed E-state index contributed by atoms with van der Waals surface area (Å²) in [5.41, 5.74) is 0.944. The standard InChI is InChI=1S/C14H21NO2/c1-11(16)13-7-4-5-9-15(13)10-12-6-2-3-8-14(12)17/h2-3,6,8,11,13,16-17H,4-5,7,9-10H2,1H3. The number of aliphatic hydroxyl groups is 1. The fourth-order valence-electron chi connectivity index (χ4n) is 2.62. The van der Waals surface area contributed by atoms with E-state index in [9.17, 15) is 10.2 Å². The Labute approximate surface area is 103 Å². The van der Waals surface area contributed by atoms with Gasteiger partial charge in [0.05, 0.1) is 6.10 Å². The molecule has 0 saturated carbocycles. The molecular weight excluding hydrogens is 214 g/mol. The first-order valence-electron chi connectivity index (χ1n) is 6.37. The molecule has 3 nitrogen and oxygen atoms in total. The van der Waals surface area contributed by atoms with E-state index in [1.807, 2.05) is 25.1 Å². The Kier molecular flexibility index (Phi) is 4.02. The summed E-state index contributed by atoms with van der Waals surface area (Å²) in [4.78, 5) is 2.28. The van der Waals surface area contributed by atoms with Crippen LogP contribution in [0.1, 0.15) is 31.7 Å². The monoisotopic (exact) mass is 235 g/mol. The number of nitrogens with zero attached hydrogens (tertiary/aromatic N) is 1. The first kappa shape index (κ1) is 12.4. The minimum atomic E-state index is -0.304. The summed E-state index contributed by atoms with van der Waals surface area (Å²) in [5.74, 6) is 0.349. The fourth-order valence-corrected chi connectivity index (χ4v) is 2.62. The number of phenolic OH excluding ortho intramolecular Hbond substituents is 1. The Hall–Kier alpha value is -1.06. The van der Waals surface area contributed by atoms with E-state index in [0.717, 1.165) is 25.1 Å². The van der Waals surface area contributed by atoms with Crippen LogP contribution in [-0.4, -0.2) is 33.8 Å². The van der Waals surface area contributed by atoms with E-state index in [0.29, 0.717) is 5.75 Å². The molecule has 0 aromatic heterocycles. The van der Waals surface area contributed by atoms with Crippen molar-refractivity contribution >= 4 is 0 Å². The van der Waals surface area contributed by atoms with Gasteiger partial charge in [0.2, 0.25) is 0 Å². The third-order valence-electron chi connectivity index (χ3n) is 3.59. The Morgan fingerprint density at radius 1 is 1.35 bits per heavy atom. The van der Waals surface area contributed by atoms with Gasteiger partial charge in [-0.05, 0) is 32.4 Å². The van der Waals surface area contributed by atoms with Gasteiger partial charge in [0.1, 0.15) is 5.75 Å². The zero-order valence-electron chi connectivity index (χ0n) is 10.3. The smallest absolute Gasteiger partial charge is 0.120 e. The number of hydrogen-bond donors (Lipinski definition) is 2. The molecule has 1 aromatic carbocycles. The number of likely N-dealkylation sites (tertiary alicyclic amines) is 1. The van der Waals surface area contributed by atoms with Crippen LogP contribution in [0.5, 0.6) is 5.75 Å². The second-order valence-electron chi connectivity index (χ2n) is 4.90. The third-order valence-corrected chi connectivity index (χ3v) is 3.59. The number of aromatic hydroxyl groups is 1. The van der Waals surface area contributed by atoms with E-state index < -0.39 is 0 Å². The highest BCUT2D eigenvalue weighted by atomic mass is 16.3. The van der Waals surface area contributed by atoms with Crippen LogP contribution >= 0.6 is 0 Å². The van der Waals surface area contributed by atoms with E-state index >= 15 is 0 Å². The average Bonchev–Trinajstić information content (AvgIpc) is 2.32. The van der Waals surface area contributed by atoms with Crippen molar-refractivity contribution in [2.45, 2.75) is 44.9 Å². The minimum Gasteiger partial charge on any atom is -0.508 e. The van der Waals surface area contributed by atoms with Gasteiger partial charge in [0.15, 0.2) is 0 Å². The molecule has 0 radical (unpaired) electrons. The van der Waals surface area contributed by atoms with Crippen LogP contribution in [0.4, 0.5) is 0 Å². The topological polar surface area (TPSA) is 43.7 Å². The van der Waals surface area contributed by atoms with Gasteiger partial charge in [0, 0.05) is 18.2 Å². The lowest BCUT2D eigenvalue weighted by atomic mass is 9.97. The van der Waals surface area contributed by atoms with E-state index in [1.165, 1.54) is 12.8 Å². The lowest BCUT2D eigenvalue weighted by molar-refractivity contribution is 0.0313. The van der Waals surface area contributed by atoms with E-state index in [-0.39, 0.29) is 12.1 Å². The lowest BCUT2D eigenvalue weighted by Crippen LogP contribution is -2.45. The Morgan fingerprint density at radius 3 is 2.82 bits per heavy atom. The predicted octanol–water partition coefficient (Wildman–Crippen LogP) is 2.13. The predicted molar refractivity (Wildman–Crippen MR) is 67.8 cm³/mol. The molecule has 0 spiro atoms. The van der Waals surface area contributed by atoms with Gasteiger partial charge < -0.3 is 10.2 Å². The van der Waals surface area contributed by atoms with Crippen LogP contribution in [-0.2, 0) is 6.54 Å². The normalized spacial score (nSPS) is 23.5. The van der Waals surface area contributed by atoms with Crippen LogP contribution < -0.4 is 0 Å². The van der Waals surface area contributed by atoms with E-state index in [1.54, 1.807) is 6.07 Å². The summed E-state index contributed by atoms with van der Waals surface area (Å²) in [6.07, 6.45) is 3.11. The third kappa shape index (κ3) is 2.99. The van der Waals surface area contributed by atoms with Crippen LogP contribution in [0.3, 0.4) is 0 Å². The summed E-state index contributed by atoms with van der Waals surface area (Å²) in [6.45, 7) is 3.58. The molecule has 2 unspecified atom stereocenters. The molecule has 2 N–H and O–H groups in total. The number of piperidine rings is 1. The number of phenols is 1. The Balaban J connectivity index is 2.08. The first-order chi connectivity index (χ1) is 8.18. The molecule has 2 rings (SSSR count). The highest BCUT2D eigenvalue weighted by Gasteiger charge is 2.26. The number of para-hydroxylation sites is 1. The molecule has 3 heteroatoms. The SMILES string of the molecule is CC(O)C1CCCCN1Cc1ccccc1O. The summed E-state index contributed by atoms with van der Waals surface area (Å²) < 4.78 is 0. The summed E-state index contributed by atoms with van der Waals surface area (Å²) in [6, 6.07) is 7.67. The van der Waals surface area contributed by atoms with E-state index in [4.69, 9.17) is 0 Å². The van der Waals surface area contributed by atoms with Crippen LogP contribution in [0.25, 0.3) is 0 Å². The number of rotatable bonds is 3. The second-order valence-corrected chi connectivity index (χ2v) is 4.90. The largest absolute Gasteiger partial charge is 0.508 e. The van der Waals surface area contributed by atoms with Crippen molar-refractivity contribution in [2.75, 3.05) is 6.54 Å². The molecule has 0 amide bonds. The van der Waals surface area contributed by atoms with Crippen molar-refractivity contribution in [1.29, 1.82) is 0 Å². The molecule has 2 atom stereocenters. The van der Waals surface area contributed by atoms with Crippen molar-refractivity contribution in [3.8, 4) is 5.75 Å². The number of benzene rings is 1. The summed E-state index contributed by atoms with van der Waals surface area (Å²) in [5, 5.41) is 19.6. The van der Waals surface area contributed by atoms with Gasteiger partial charge in [-0.3, -0.25) is 4.90 Å². The maximum absolute atomic E-state index is 9.79. The molecule has 1 saturated heterocycles. The maximum Gasteiger partial charge on any atom is 0.120 e. The molecule has 0 bridgehead atoms. The molecule has 1 fully saturated rings. The van der Waals surface area contributed by atoms with Gasteiger partial charge in [-0.25, -0.2) is 0 Å². The zero-order valence-corrected chi connectivity index (χ0v) is 10.3. The fraction of sp³-hybridized carbons (Fsp3) is 0.571. The molecule has 1 heterocycles. The molecule has 1 aliphatic heterocycles. The first-order valence-corrected chi connectivity index (χ1v) is 6.37. The number of hydrogen-bond acceptors (Lipinski definition) is 3. The molecule has 1 aromatic rings. The minimum absolute atomic E-state index is 0.225. The van der Waals surface area contributed by atoms with E-state index in [2.05, 4.69) is 4.90 Å². The summed E-state index contributed by atoms with van der Waals surface area (Å²) in [7, 11) is 0. The van der Waals surface area contributed by atoms with Gasteiger partial charge in [-0.15, -0.1) is 0 Å². The van der Waals surface area contributed by atoms with Crippen molar-refractivity contribution < 1.29 is 10.2 Å². The Bertz CT molecular complexity index is 365. The molecule has 0 aliphatic carbocycles. The van der Waals surface area contributed by atoms with Crippen LogP contribution in [0.15, 0.2) is 24.3 Å².